The van der Waals surface area contributed by atoms with E-state index in [4.69, 9.17) is 0 Å². The van der Waals surface area contributed by atoms with Gasteiger partial charge in [-0.2, -0.15) is 0 Å². The molecule has 0 saturated heterocycles. The molecule has 0 unspecified atom stereocenters. The summed E-state index contributed by atoms with van der Waals surface area (Å²) in [5.41, 5.74) is 1.25. The summed E-state index contributed by atoms with van der Waals surface area (Å²) in [6, 6.07) is 4.17. The highest BCUT2D eigenvalue weighted by atomic mass is 15.1. The van der Waals surface area contributed by atoms with Crippen LogP contribution in [-0.2, 0) is 0 Å². The molecule has 0 aliphatic rings. The molecule has 0 bridgehead atoms. The maximum atomic E-state index is 4.22. The fourth-order valence-corrected chi connectivity index (χ4v) is 1.57. The van der Waals surface area contributed by atoms with Gasteiger partial charge >= 0.3 is 0 Å². The van der Waals surface area contributed by atoms with E-state index in [1.165, 1.54) is 18.5 Å². The van der Waals surface area contributed by atoms with Crippen LogP contribution in [0.5, 0.6) is 0 Å². The van der Waals surface area contributed by atoms with Crippen LogP contribution >= 0.6 is 0 Å². The van der Waals surface area contributed by atoms with Gasteiger partial charge in [0, 0.05) is 38.1 Å². The molecule has 0 aromatic carbocycles. The van der Waals surface area contributed by atoms with E-state index in [0.717, 1.165) is 18.9 Å². The van der Waals surface area contributed by atoms with Gasteiger partial charge in [0.1, 0.15) is 5.82 Å². The van der Waals surface area contributed by atoms with E-state index in [2.05, 4.69) is 41.2 Å². The number of hydrogen-bond donors (Lipinski definition) is 1. The van der Waals surface area contributed by atoms with Gasteiger partial charge in [0.2, 0.25) is 0 Å². The first-order chi connectivity index (χ1) is 7.31. The summed E-state index contributed by atoms with van der Waals surface area (Å²) in [5.74, 6) is 0.933. The molecule has 0 amide bonds. The second kappa shape index (κ2) is 6.27. The fourth-order valence-electron chi connectivity index (χ4n) is 1.57. The Kier molecular flexibility index (Phi) is 4.95. The van der Waals surface area contributed by atoms with Crippen molar-refractivity contribution < 1.29 is 0 Å². The molecule has 15 heavy (non-hydrogen) atoms. The number of nitrogens with one attached hydrogen (secondary N) is 1. The standard InChI is InChI=1S/C12H21N3/c1-4-6-9-15(5-2)11-7-8-14-12(10-11)13-3/h7-8,10H,4-6,9H2,1-3H3,(H,13,14). The molecule has 0 spiro atoms. The zero-order chi connectivity index (χ0) is 11.1. The lowest BCUT2D eigenvalue weighted by Crippen LogP contribution is -2.23. The van der Waals surface area contributed by atoms with Crippen LogP contribution in [0.3, 0.4) is 0 Å². The predicted molar refractivity (Wildman–Crippen MR) is 66.6 cm³/mol. The van der Waals surface area contributed by atoms with Crippen LogP contribution in [0.2, 0.25) is 0 Å². The van der Waals surface area contributed by atoms with Crippen molar-refractivity contribution in [3.8, 4) is 0 Å². The first-order valence-corrected chi connectivity index (χ1v) is 5.70. The Balaban J connectivity index is 2.72. The van der Waals surface area contributed by atoms with E-state index in [1.807, 2.05) is 13.2 Å². The average Bonchev–Trinajstić information content (AvgIpc) is 2.30. The molecule has 0 radical (unpaired) electrons. The van der Waals surface area contributed by atoms with Crippen LogP contribution in [0.25, 0.3) is 0 Å². The topological polar surface area (TPSA) is 28.2 Å². The van der Waals surface area contributed by atoms with Crippen molar-refractivity contribution in [3.05, 3.63) is 18.3 Å². The predicted octanol–water partition coefficient (Wildman–Crippen LogP) is 2.75. The third-order valence-electron chi connectivity index (χ3n) is 2.53. The molecule has 3 heteroatoms. The zero-order valence-electron chi connectivity index (χ0n) is 9.95. The lowest BCUT2D eigenvalue weighted by Gasteiger charge is -2.23. The summed E-state index contributed by atoms with van der Waals surface area (Å²) in [4.78, 5) is 6.60. The van der Waals surface area contributed by atoms with E-state index in [1.54, 1.807) is 0 Å². The second-order valence-corrected chi connectivity index (χ2v) is 3.58. The van der Waals surface area contributed by atoms with Gasteiger partial charge in [-0.3, -0.25) is 0 Å². The lowest BCUT2D eigenvalue weighted by atomic mass is 10.2. The van der Waals surface area contributed by atoms with Crippen LogP contribution in [0.4, 0.5) is 11.5 Å². The van der Waals surface area contributed by atoms with Gasteiger partial charge in [-0.15, -0.1) is 0 Å². The van der Waals surface area contributed by atoms with Gasteiger partial charge in [0.05, 0.1) is 0 Å². The summed E-state index contributed by atoms with van der Waals surface area (Å²) in [6.07, 6.45) is 4.33. The minimum Gasteiger partial charge on any atom is -0.373 e. The van der Waals surface area contributed by atoms with Gasteiger partial charge < -0.3 is 10.2 Å². The van der Waals surface area contributed by atoms with Gasteiger partial charge in [-0.1, -0.05) is 13.3 Å². The highest BCUT2D eigenvalue weighted by molar-refractivity contribution is 5.53. The normalized spacial score (nSPS) is 10.1. The Hall–Kier alpha value is -1.25. The summed E-state index contributed by atoms with van der Waals surface area (Å²) < 4.78 is 0. The highest BCUT2D eigenvalue weighted by Crippen LogP contribution is 2.17. The van der Waals surface area contributed by atoms with Crippen LogP contribution in [-0.4, -0.2) is 25.1 Å². The maximum absolute atomic E-state index is 4.22. The van der Waals surface area contributed by atoms with Crippen molar-refractivity contribution in [2.45, 2.75) is 26.7 Å². The Labute approximate surface area is 92.5 Å². The molecule has 1 heterocycles. The number of unbranched alkanes of at least 4 members (excludes halogenated alkanes) is 1. The quantitative estimate of drug-likeness (QED) is 0.777. The molecule has 0 aliphatic heterocycles. The van der Waals surface area contributed by atoms with E-state index in [9.17, 15) is 0 Å². The van der Waals surface area contributed by atoms with Crippen molar-refractivity contribution in [1.82, 2.24) is 4.98 Å². The van der Waals surface area contributed by atoms with Gasteiger partial charge in [-0.25, -0.2) is 4.98 Å². The van der Waals surface area contributed by atoms with Crippen LogP contribution in [0.15, 0.2) is 18.3 Å². The maximum Gasteiger partial charge on any atom is 0.127 e. The van der Waals surface area contributed by atoms with E-state index < -0.39 is 0 Å². The molecule has 0 fully saturated rings. The van der Waals surface area contributed by atoms with E-state index in [-0.39, 0.29) is 0 Å². The van der Waals surface area contributed by atoms with Gasteiger partial charge in [0.25, 0.3) is 0 Å². The van der Waals surface area contributed by atoms with Crippen molar-refractivity contribution in [1.29, 1.82) is 0 Å². The molecule has 3 nitrogen and oxygen atoms in total. The summed E-state index contributed by atoms with van der Waals surface area (Å²) in [7, 11) is 1.90. The molecular formula is C12H21N3. The minimum atomic E-state index is 0.933. The molecule has 0 atom stereocenters. The first kappa shape index (κ1) is 11.8. The molecular weight excluding hydrogens is 186 g/mol. The Morgan fingerprint density at radius 2 is 2.20 bits per heavy atom. The highest BCUT2D eigenvalue weighted by Gasteiger charge is 2.03. The Morgan fingerprint density at radius 3 is 2.80 bits per heavy atom. The Morgan fingerprint density at radius 1 is 1.40 bits per heavy atom. The zero-order valence-corrected chi connectivity index (χ0v) is 9.95. The third kappa shape index (κ3) is 3.42. The SMILES string of the molecule is CCCCN(CC)c1ccnc(NC)c1. The smallest absolute Gasteiger partial charge is 0.127 e. The van der Waals surface area contributed by atoms with Crippen LogP contribution < -0.4 is 10.2 Å². The van der Waals surface area contributed by atoms with Crippen molar-refractivity contribution in [2.24, 2.45) is 0 Å². The van der Waals surface area contributed by atoms with Crippen LogP contribution in [0.1, 0.15) is 26.7 Å². The number of nitrogens with zero attached hydrogens (tertiary/aromatic N) is 2. The number of hydrogen-bond acceptors (Lipinski definition) is 3. The molecule has 1 aromatic heterocycles. The third-order valence-corrected chi connectivity index (χ3v) is 2.53. The number of rotatable bonds is 6. The number of anilines is 2. The fraction of sp³-hybridized carbons (Fsp3) is 0.583. The lowest BCUT2D eigenvalue weighted by molar-refractivity contribution is 0.732. The van der Waals surface area contributed by atoms with Gasteiger partial charge in [0.15, 0.2) is 0 Å². The largest absolute Gasteiger partial charge is 0.373 e. The Bertz CT molecular complexity index is 286. The minimum absolute atomic E-state index is 0.933. The first-order valence-electron chi connectivity index (χ1n) is 5.70. The molecule has 84 valence electrons. The average molecular weight is 207 g/mol. The molecule has 1 rings (SSSR count). The molecule has 0 saturated carbocycles. The summed E-state index contributed by atoms with van der Waals surface area (Å²) >= 11 is 0. The van der Waals surface area contributed by atoms with Crippen LogP contribution in [0, 0.1) is 0 Å². The summed E-state index contributed by atoms with van der Waals surface area (Å²) in [5, 5.41) is 3.06. The van der Waals surface area contributed by atoms with E-state index in [0.29, 0.717) is 0 Å². The van der Waals surface area contributed by atoms with E-state index >= 15 is 0 Å². The number of pyridine rings is 1. The van der Waals surface area contributed by atoms with Crippen molar-refractivity contribution in [2.75, 3.05) is 30.4 Å². The van der Waals surface area contributed by atoms with Gasteiger partial charge in [-0.05, 0) is 19.4 Å². The molecule has 1 aromatic rings. The summed E-state index contributed by atoms with van der Waals surface area (Å²) in [6.45, 7) is 6.59. The second-order valence-electron chi connectivity index (χ2n) is 3.58. The number of aromatic nitrogens is 1. The molecule has 0 aliphatic carbocycles. The van der Waals surface area contributed by atoms with Crippen molar-refractivity contribution >= 4 is 11.5 Å². The monoisotopic (exact) mass is 207 g/mol. The van der Waals surface area contributed by atoms with Crippen molar-refractivity contribution in [3.63, 3.8) is 0 Å². The molecule has 1 N–H and O–H groups in total.